The number of nitrogens with zero attached hydrogens (tertiary/aromatic N) is 2. The van der Waals surface area contributed by atoms with Crippen molar-refractivity contribution in [2.45, 2.75) is 13.8 Å². The topological polar surface area (TPSA) is 29.3 Å². The van der Waals surface area contributed by atoms with Crippen molar-refractivity contribution in [3.63, 3.8) is 0 Å². The molecule has 4 rings (SSSR count). The number of benzene rings is 2. The van der Waals surface area contributed by atoms with Gasteiger partial charge in [-0.15, -0.1) is 0 Å². The average molecular weight is 348 g/mol. The fourth-order valence-electron chi connectivity index (χ4n) is 2.95. The van der Waals surface area contributed by atoms with Gasteiger partial charge in [0.1, 0.15) is 17.2 Å². The lowest BCUT2D eigenvalue weighted by atomic mass is 10.1. The van der Waals surface area contributed by atoms with E-state index in [-0.39, 0.29) is 0 Å². The summed E-state index contributed by atoms with van der Waals surface area (Å²) < 4.78 is 2.10. The van der Waals surface area contributed by atoms with Crippen LogP contribution in [-0.2, 0) is 0 Å². The van der Waals surface area contributed by atoms with Crippen LogP contribution >= 0.6 is 11.6 Å². The largest absolute Gasteiger partial charge is 0.339 e. The van der Waals surface area contributed by atoms with Gasteiger partial charge < -0.3 is 5.32 Å². The van der Waals surface area contributed by atoms with Crippen molar-refractivity contribution in [2.75, 3.05) is 5.32 Å². The van der Waals surface area contributed by atoms with Gasteiger partial charge in [0.05, 0.1) is 0 Å². The van der Waals surface area contributed by atoms with Crippen LogP contribution in [-0.4, -0.2) is 9.38 Å². The average Bonchev–Trinajstić information content (AvgIpc) is 2.95. The summed E-state index contributed by atoms with van der Waals surface area (Å²) in [7, 11) is 0. The number of aromatic nitrogens is 2. The Morgan fingerprint density at radius 1 is 0.960 bits per heavy atom. The number of rotatable bonds is 3. The van der Waals surface area contributed by atoms with Crippen molar-refractivity contribution in [1.29, 1.82) is 0 Å². The van der Waals surface area contributed by atoms with Gasteiger partial charge in [0, 0.05) is 22.5 Å². The Hall–Kier alpha value is -2.78. The highest BCUT2D eigenvalue weighted by Crippen LogP contribution is 2.33. The van der Waals surface area contributed by atoms with E-state index in [0.29, 0.717) is 5.02 Å². The molecule has 2 heterocycles. The number of anilines is 2. The molecule has 124 valence electrons. The van der Waals surface area contributed by atoms with E-state index in [9.17, 15) is 0 Å². The van der Waals surface area contributed by atoms with Gasteiger partial charge in [-0.2, -0.15) is 0 Å². The Labute approximate surface area is 151 Å². The molecule has 0 aliphatic rings. The molecule has 0 fully saturated rings. The minimum absolute atomic E-state index is 0.701. The summed E-state index contributed by atoms with van der Waals surface area (Å²) in [5.41, 5.74) is 6.20. The summed E-state index contributed by atoms with van der Waals surface area (Å²) >= 11 is 6.20. The van der Waals surface area contributed by atoms with E-state index >= 15 is 0 Å². The highest BCUT2D eigenvalue weighted by atomic mass is 35.5. The molecule has 2 aromatic carbocycles. The van der Waals surface area contributed by atoms with E-state index in [1.54, 1.807) is 0 Å². The van der Waals surface area contributed by atoms with Crippen LogP contribution in [0.3, 0.4) is 0 Å². The number of hydrogen-bond acceptors (Lipinski definition) is 2. The summed E-state index contributed by atoms with van der Waals surface area (Å²) in [5, 5.41) is 4.27. The highest BCUT2D eigenvalue weighted by Gasteiger charge is 2.15. The van der Waals surface area contributed by atoms with Gasteiger partial charge in [0.15, 0.2) is 0 Å². The van der Waals surface area contributed by atoms with Gasteiger partial charge in [-0.05, 0) is 49.2 Å². The molecule has 0 aliphatic carbocycles. The third-order valence-corrected chi connectivity index (χ3v) is 4.50. The number of halogens is 1. The molecule has 1 N–H and O–H groups in total. The lowest BCUT2D eigenvalue weighted by Gasteiger charge is -2.11. The summed E-state index contributed by atoms with van der Waals surface area (Å²) in [6.45, 7) is 4.17. The van der Waals surface area contributed by atoms with E-state index in [4.69, 9.17) is 16.6 Å². The molecule has 3 nitrogen and oxygen atoms in total. The lowest BCUT2D eigenvalue weighted by Crippen LogP contribution is -1.99. The van der Waals surface area contributed by atoms with Gasteiger partial charge in [-0.3, -0.25) is 4.40 Å². The first-order chi connectivity index (χ1) is 12.1. The van der Waals surface area contributed by atoms with Crippen molar-refractivity contribution >= 4 is 28.8 Å². The van der Waals surface area contributed by atoms with Crippen LogP contribution in [0, 0.1) is 13.8 Å². The number of nitrogens with one attached hydrogen (secondary N) is 1. The Bertz CT molecular complexity index is 1070. The van der Waals surface area contributed by atoms with Crippen molar-refractivity contribution in [3.05, 3.63) is 83.0 Å². The Morgan fingerprint density at radius 2 is 1.80 bits per heavy atom. The molecule has 2 aromatic heterocycles. The molecule has 0 atom stereocenters. The van der Waals surface area contributed by atoms with Crippen molar-refractivity contribution in [3.8, 4) is 11.3 Å². The van der Waals surface area contributed by atoms with Gasteiger partial charge in [0.25, 0.3) is 0 Å². The molecule has 4 heteroatoms. The fourth-order valence-corrected chi connectivity index (χ4v) is 3.14. The highest BCUT2D eigenvalue weighted by molar-refractivity contribution is 6.30. The Kier molecular flexibility index (Phi) is 3.94. The predicted octanol–water partition coefficient (Wildman–Crippen LogP) is 6.02. The maximum absolute atomic E-state index is 6.20. The maximum atomic E-state index is 6.20. The molecule has 0 aliphatic heterocycles. The summed E-state index contributed by atoms with van der Waals surface area (Å²) in [4.78, 5) is 4.83. The first-order valence-electron chi connectivity index (χ1n) is 8.19. The van der Waals surface area contributed by atoms with E-state index in [1.165, 1.54) is 11.1 Å². The predicted molar refractivity (Wildman–Crippen MR) is 105 cm³/mol. The minimum atomic E-state index is 0.701. The number of imidazole rings is 1. The minimum Gasteiger partial charge on any atom is -0.339 e. The Balaban J connectivity index is 1.94. The third kappa shape index (κ3) is 2.99. The second-order valence-electron chi connectivity index (χ2n) is 6.19. The van der Waals surface area contributed by atoms with E-state index in [0.717, 1.165) is 28.4 Å². The second kappa shape index (κ2) is 6.26. The molecule has 25 heavy (non-hydrogen) atoms. The zero-order chi connectivity index (χ0) is 17.4. The molecule has 0 saturated heterocycles. The molecule has 0 spiro atoms. The van der Waals surface area contributed by atoms with Gasteiger partial charge >= 0.3 is 0 Å². The van der Waals surface area contributed by atoms with Gasteiger partial charge in [-0.1, -0.05) is 48.0 Å². The third-order valence-electron chi connectivity index (χ3n) is 4.26. The summed E-state index contributed by atoms with van der Waals surface area (Å²) in [5.74, 6) is 0.940. The first-order valence-corrected chi connectivity index (χ1v) is 8.57. The molecule has 0 amide bonds. The van der Waals surface area contributed by atoms with Crippen LogP contribution in [0.4, 0.5) is 11.5 Å². The molecule has 0 radical (unpaired) electrons. The van der Waals surface area contributed by atoms with E-state index < -0.39 is 0 Å². The van der Waals surface area contributed by atoms with Crippen LogP contribution in [0.2, 0.25) is 5.02 Å². The molecular weight excluding hydrogens is 330 g/mol. The van der Waals surface area contributed by atoms with Crippen LogP contribution in [0.5, 0.6) is 0 Å². The quantitative estimate of drug-likeness (QED) is 0.491. The van der Waals surface area contributed by atoms with Crippen molar-refractivity contribution < 1.29 is 0 Å². The van der Waals surface area contributed by atoms with Crippen molar-refractivity contribution in [1.82, 2.24) is 9.38 Å². The van der Waals surface area contributed by atoms with E-state index in [2.05, 4.69) is 48.0 Å². The Morgan fingerprint density at radius 3 is 2.60 bits per heavy atom. The standard InChI is InChI=1S/C21H18ClN3/c1-14-10-11-19-24-20(16-7-5-8-17(22)12-16)21(25(19)13-14)23-18-9-4-3-6-15(18)2/h3-13,23H,1-2H3. The number of hydrogen-bond donors (Lipinski definition) is 1. The zero-order valence-corrected chi connectivity index (χ0v) is 14.9. The fraction of sp³-hybridized carbons (Fsp3) is 0.0952. The maximum Gasteiger partial charge on any atom is 0.143 e. The molecule has 0 bridgehead atoms. The SMILES string of the molecule is Cc1ccc2nc(-c3cccc(Cl)c3)c(Nc3ccccc3C)n2c1. The molecule has 0 unspecified atom stereocenters. The van der Waals surface area contributed by atoms with Crippen LogP contribution in [0.25, 0.3) is 16.9 Å². The number of fused-ring (bicyclic) bond motifs is 1. The van der Waals surface area contributed by atoms with Crippen LogP contribution in [0.1, 0.15) is 11.1 Å². The van der Waals surface area contributed by atoms with Gasteiger partial charge in [0.2, 0.25) is 0 Å². The number of pyridine rings is 1. The summed E-state index contributed by atoms with van der Waals surface area (Å²) in [6.07, 6.45) is 2.09. The first kappa shape index (κ1) is 15.7. The monoisotopic (exact) mass is 347 g/mol. The lowest BCUT2D eigenvalue weighted by molar-refractivity contribution is 1.15. The van der Waals surface area contributed by atoms with Crippen LogP contribution < -0.4 is 5.32 Å². The smallest absolute Gasteiger partial charge is 0.143 e. The number of para-hydroxylation sites is 1. The second-order valence-corrected chi connectivity index (χ2v) is 6.63. The molecule has 0 saturated carbocycles. The number of aryl methyl sites for hydroxylation is 2. The van der Waals surface area contributed by atoms with Crippen LogP contribution in [0.15, 0.2) is 66.9 Å². The van der Waals surface area contributed by atoms with Gasteiger partial charge in [-0.25, -0.2) is 4.98 Å². The molecule has 4 aromatic rings. The summed E-state index contributed by atoms with van der Waals surface area (Å²) in [6, 6.07) is 20.1. The molecular formula is C21H18ClN3. The van der Waals surface area contributed by atoms with Crippen molar-refractivity contribution in [2.24, 2.45) is 0 Å². The normalized spacial score (nSPS) is 11.0. The van der Waals surface area contributed by atoms with E-state index in [1.807, 2.05) is 42.5 Å². The zero-order valence-electron chi connectivity index (χ0n) is 14.1.